The fourth-order valence-electron chi connectivity index (χ4n) is 1.54. The number of hydrogen-bond donors (Lipinski definition) is 1. The summed E-state index contributed by atoms with van der Waals surface area (Å²) in [5.41, 5.74) is 0.810. The molecular weight excluding hydrogens is 217 g/mol. The summed E-state index contributed by atoms with van der Waals surface area (Å²) >= 11 is 0. The summed E-state index contributed by atoms with van der Waals surface area (Å²) in [7, 11) is 0. The molecule has 0 aromatic heterocycles. The fraction of sp³-hybridized carbons (Fsp3) is 0.357. The van der Waals surface area contributed by atoms with E-state index in [-0.39, 0.29) is 17.8 Å². The molecule has 2 nitrogen and oxygen atoms in total. The molecule has 0 heterocycles. The summed E-state index contributed by atoms with van der Waals surface area (Å²) in [6.45, 7) is 4.06. The summed E-state index contributed by atoms with van der Waals surface area (Å²) in [6, 6.07) is 6.20. The quantitative estimate of drug-likeness (QED) is 0.780. The molecule has 0 aliphatic heterocycles. The fourth-order valence-corrected chi connectivity index (χ4v) is 1.54. The third kappa shape index (κ3) is 5.29. The van der Waals surface area contributed by atoms with Crippen molar-refractivity contribution in [3.63, 3.8) is 0 Å². The van der Waals surface area contributed by atoms with Crippen molar-refractivity contribution in [3.05, 3.63) is 41.7 Å². The Morgan fingerprint density at radius 3 is 2.65 bits per heavy atom. The molecule has 0 bridgehead atoms. The maximum Gasteiger partial charge on any atom is 0.244 e. The molecule has 92 valence electrons. The van der Waals surface area contributed by atoms with Crippen LogP contribution in [-0.2, 0) is 4.79 Å². The SMILES string of the molecule is CCC[C@H](C)NC(=O)/C=C/c1ccc(F)cc1. The van der Waals surface area contributed by atoms with Gasteiger partial charge in [0.15, 0.2) is 0 Å². The lowest BCUT2D eigenvalue weighted by Gasteiger charge is -2.10. The van der Waals surface area contributed by atoms with Crippen LogP contribution in [0.5, 0.6) is 0 Å². The van der Waals surface area contributed by atoms with Crippen molar-refractivity contribution in [1.82, 2.24) is 5.32 Å². The van der Waals surface area contributed by atoms with Gasteiger partial charge in [0, 0.05) is 12.1 Å². The van der Waals surface area contributed by atoms with Crippen molar-refractivity contribution in [2.75, 3.05) is 0 Å². The van der Waals surface area contributed by atoms with Crippen LogP contribution in [0.2, 0.25) is 0 Å². The Hall–Kier alpha value is -1.64. The number of carbonyl (C=O) groups excluding carboxylic acids is 1. The summed E-state index contributed by atoms with van der Waals surface area (Å²) in [4.78, 5) is 11.5. The highest BCUT2D eigenvalue weighted by Crippen LogP contribution is 2.04. The summed E-state index contributed by atoms with van der Waals surface area (Å²) in [5.74, 6) is -0.390. The average molecular weight is 235 g/mol. The molecule has 0 saturated heterocycles. The molecule has 1 N–H and O–H groups in total. The molecule has 0 aliphatic rings. The Morgan fingerprint density at radius 2 is 2.06 bits per heavy atom. The van der Waals surface area contributed by atoms with Crippen LogP contribution in [0.15, 0.2) is 30.3 Å². The Balaban J connectivity index is 2.47. The zero-order valence-corrected chi connectivity index (χ0v) is 10.2. The Kier molecular flexibility index (Phi) is 5.40. The standard InChI is InChI=1S/C14H18FNO/c1-3-4-11(2)16-14(17)10-7-12-5-8-13(15)9-6-12/h5-11H,3-4H2,1-2H3,(H,16,17)/b10-7+/t11-/m0/s1. The molecular formula is C14H18FNO. The first kappa shape index (κ1) is 13.4. The Morgan fingerprint density at radius 1 is 1.41 bits per heavy atom. The smallest absolute Gasteiger partial charge is 0.244 e. The van der Waals surface area contributed by atoms with E-state index in [0.717, 1.165) is 18.4 Å². The van der Waals surface area contributed by atoms with E-state index in [0.29, 0.717) is 0 Å². The topological polar surface area (TPSA) is 29.1 Å². The van der Waals surface area contributed by atoms with Crippen molar-refractivity contribution in [1.29, 1.82) is 0 Å². The van der Waals surface area contributed by atoms with Crippen molar-refractivity contribution in [2.24, 2.45) is 0 Å². The van der Waals surface area contributed by atoms with E-state index in [1.165, 1.54) is 18.2 Å². The second kappa shape index (κ2) is 6.84. The van der Waals surface area contributed by atoms with Gasteiger partial charge in [-0.2, -0.15) is 0 Å². The van der Waals surface area contributed by atoms with Crippen molar-refractivity contribution in [2.45, 2.75) is 32.7 Å². The second-order valence-corrected chi connectivity index (χ2v) is 4.08. The maximum atomic E-state index is 12.6. The normalized spacial score (nSPS) is 12.6. The van der Waals surface area contributed by atoms with Crippen molar-refractivity contribution < 1.29 is 9.18 Å². The Bertz CT molecular complexity index is 384. The number of amides is 1. The maximum absolute atomic E-state index is 12.6. The van der Waals surface area contributed by atoms with Crippen LogP contribution in [0, 0.1) is 5.82 Å². The van der Waals surface area contributed by atoms with Gasteiger partial charge in [0.05, 0.1) is 0 Å². The number of hydrogen-bond acceptors (Lipinski definition) is 1. The highest BCUT2D eigenvalue weighted by molar-refractivity contribution is 5.91. The first-order valence-corrected chi connectivity index (χ1v) is 5.86. The molecule has 17 heavy (non-hydrogen) atoms. The molecule has 0 saturated carbocycles. The highest BCUT2D eigenvalue weighted by Gasteiger charge is 2.02. The number of carbonyl (C=O) groups is 1. The summed E-state index contributed by atoms with van der Waals surface area (Å²) in [6.07, 6.45) is 5.16. The zero-order chi connectivity index (χ0) is 12.7. The van der Waals surface area contributed by atoms with Gasteiger partial charge in [0.1, 0.15) is 5.82 Å². The van der Waals surface area contributed by atoms with E-state index in [1.807, 2.05) is 6.92 Å². The molecule has 1 rings (SSSR count). The third-order valence-corrected chi connectivity index (χ3v) is 2.41. The number of rotatable bonds is 5. The molecule has 0 unspecified atom stereocenters. The van der Waals surface area contributed by atoms with Crippen molar-refractivity contribution in [3.8, 4) is 0 Å². The molecule has 3 heteroatoms. The van der Waals surface area contributed by atoms with E-state index in [2.05, 4.69) is 12.2 Å². The third-order valence-electron chi connectivity index (χ3n) is 2.41. The molecule has 1 aromatic rings. The molecule has 0 aliphatic carbocycles. The predicted octanol–water partition coefficient (Wildman–Crippen LogP) is 3.14. The molecule has 0 radical (unpaired) electrons. The Labute approximate surface area is 102 Å². The number of nitrogens with one attached hydrogen (secondary N) is 1. The largest absolute Gasteiger partial charge is 0.350 e. The lowest BCUT2D eigenvalue weighted by Crippen LogP contribution is -2.30. The first-order chi connectivity index (χ1) is 8.11. The number of benzene rings is 1. The molecule has 0 fully saturated rings. The predicted molar refractivity (Wildman–Crippen MR) is 67.9 cm³/mol. The number of halogens is 1. The van der Waals surface area contributed by atoms with Gasteiger partial charge in [0.2, 0.25) is 5.91 Å². The minimum atomic E-state index is -0.275. The van der Waals surface area contributed by atoms with Crippen LogP contribution in [0.1, 0.15) is 32.3 Å². The van der Waals surface area contributed by atoms with Gasteiger partial charge in [0.25, 0.3) is 0 Å². The van der Waals surface area contributed by atoms with Gasteiger partial charge in [-0.3, -0.25) is 4.79 Å². The van der Waals surface area contributed by atoms with Crippen LogP contribution in [0.3, 0.4) is 0 Å². The summed E-state index contributed by atoms with van der Waals surface area (Å²) in [5, 5.41) is 2.86. The zero-order valence-electron chi connectivity index (χ0n) is 10.2. The van der Waals surface area contributed by atoms with Gasteiger partial charge < -0.3 is 5.32 Å². The van der Waals surface area contributed by atoms with E-state index >= 15 is 0 Å². The molecule has 0 spiro atoms. The molecule has 1 aromatic carbocycles. The van der Waals surface area contributed by atoms with E-state index in [1.54, 1.807) is 18.2 Å². The minimum Gasteiger partial charge on any atom is -0.350 e. The van der Waals surface area contributed by atoms with Crippen LogP contribution >= 0.6 is 0 Å². The second-order valence-electron chi connectivity index (χ2n) is 4.08. The van der Waals surface area contributed by atoms with E-state index in [9.17, 15) is 9.18 Å². The molecule has 1 atom stereocenters. The molecule has 1 amide bonds. The highest BCUT2D eigenvalue weighted by atomic mass is 19.1. The van der Waals surface area contributed by atoms with Crippen LogP contribution in [0.4, 0.5) is 4.39 Å². The van der Waals surface area contributed by atoms with Crippen molar-refractivity contribution >= 4 is 12.0 Å². The lowest BCUT2D eigenvalue weighted by molar-refractivity contribution is -0.117. The van der Waals surface area contributed by atoms with E-state index in [4.69, 9.17) is 0 Å². The van der Waals surface area contributed by atoms with Gasteiger partial charge in [-0.15, -0.1) is 0 Å². The van der Waals surface area contributed by atoms with Gasteiger partial charge in [-0.05, 0) is 37.1 Å². The minimum absolute atomic E-state index is 0.115. The van der Waals surface area contributed by atoms with Gasteiger partial charge >= 0.3 is 0 Å². The average Bonchev–Trinajstić information content (AvgIpc) is 2.28. The van der Waals surface area contributed by atoms with Crippen LogP contribution in [-0.4, -0.2) is 11.9 Å². The first-order valence-electron chi connectivity index (χ1n) is 5.86. The van der Waals surface area contributed by atoms with Gasteiger partial charge in [-0.1, -0.05) is 25.5 Å². The van der Waals surface area contributed by atoms with Gasteiger partial charge in [-0.25, -0.2) is 4.39 Å². The summed E-state index contributed by atoms with van der Waals surface area (Å²) < 4.78 is 12.6. The monoisotopic (exact) mass is 235 g/mol. The van der Waals surface area contributed by atoms with Crippen LogP contribution < -0.4 is 5.32 Å². The van der Waals surface area contributed by atoms with Crippen LogP contribution in [0.25, 0.3) is 6.08 Å². The lowest BCUT2D eigenvalue weighted by atomic mass is 10.2. The van der Waals surface area contributed by atoms with E-state index < -0.39 is 0 Å².